The van der Waals surface area contributed by atoms with Gasteiger partial charge in [-0.15, -0.1) is 0 Å². The fourth-order valence-corrected chi connectivity index (χ4v) is 4.37. The van der Waals surface area contributed by atoms with E-state index in [1.54, 1.807) is 18.3 Å². The van der Waals surface area contributed by atoms with Crippen molar-refractivity contribution in [1.82, 2.24) is 19.5 Å². The number of rotatable bonds is 8. The Balaban J connectivity index is 1.74. The van der Waals surface area contributed by atoms with Crippen molar-refractivity contribution < 1.29 is 14.3 Å². The molecular formula is C22H27ClFN7O2. The lowest BCUT2D eigenvalue weighted by Gasteiger charge is -2.29. The number of primary amides is 1. The standard InChI is InChI=1S/C22H27ClFN7O2/c1-2-13(11-32)27-21-26-10-17-20(30-21)31(14-8-6-12(7-9-14)19(25)33)22(29-17)28-16-5-3-4-15(23)18(16)24/h3-5,10,12-14,32H,2,6-9,11H2,1H3,(H2,25,33)(H,28,29)(H,26,27,30). The van der Waals surface area contributed by atoms with Crippen LogP contribution >= 0.6 is 11.6 Å². The lowest BCUT2D eigenvalue weighted by Crippen LogP contribution is -2.29. The number of halogens is 2. The molecule has 1 fully saturated rings. The molecule has 0 bridgehead atoms. The van der Waals surface area contributed by atoms with Crippen molar-refractivity contribution in [2.75, 3.05) is 17.2 Å². The highest BCUT2D eigenvalue weighted by molar-refractivity contribution is 6.31. The molecule has 0 saturated heterocycles. The Morgan fingerprint density at radius 1 is 1.33 bits per heavy atom. The van der Waals surface area contributed by atoms with Gasteiger partial charge in [-0.3, -0.25) is 9.36 Å². The fraction of sp³-hybridized carbons (Fsp3) is 0.455. The molecule has 0 aliphatic heterocycles. The molecule has 1 amide bonds. The van der Waals surface area contributed by atoms with Gasteiger partial charge in [0.15, 0.2) is 11.5 Å². The molecule has 3 aromatic rings. The van der Waals surface area contributed by atoms with Crippen LogP contribution in [0.15, 0.2) is 24.4 Å². The number of nitrogens with two attached hydrogens (primary N) is 1. The molecule has 1 atom stereocenters. The number of carbonyl (C=O) groups excluding carboxylic acids is 1. The molecule has 33 heavy (non-hydrogen) atoms. The maximum atomic E-state index is 14.6. The van der Waals surface area contributed by atoms with E-state index in [2.05, 4.69) is 25.6 Å². The molecule has 176 valence electrons. The van der Waals surface area contributed by atoms with Crippen LogP contribution in [0.3, 0.4) is 0 Å². The van der Waals surface area contributed by atoms with E-state index in [-0.39, 0.29) is 41.2 Å². The molecule has 2 heterocycles. The summed E-state index contributed by atoms with van der Waals surface area (Å²) >= 11 is 5.95. The van der Waals surface area contributed by atoms with Gasteiger partial charge >= 0.3 is 0 Å². The Hall–Kier alpha value is -2.98. The van der Waals surface area contributed by atoms with Crippen molar-refractivity contribution in [3.05, 3.63) is 35.2 Å². The van der Waals surface area contributed by atoms with Crippen LogP contribution in [0.1, 0.15) is 45.1 Å². The average molecular weight is 476 g/mol. The summed E-state index contributed by atoms with van der Waals surface area (Å²) in [6, 6.07) is 4.52. The Kier molecular flexibility index (Phi) is 6.94. The van der Waals surface area contributed by atoms with Crippen LogP contribution in [-0.2, 0) is 4.79 Å². The van der Waals surface area contributed by atoms with E-state index >= 15 is 0 Å². The number of amides is 1. The summed E-state index contributed by atoms with van der Waals surface area (Å²) < 4.78 is 16.5. The first-order chi connectivity index (χ1) is 15.9. The van der Waals surface area contributed by atoms with Gasteiger partial charge in [0.25, 0.3) is 0 Å². The molecule has 2 aromatic heterocycles. The summed E-state index contributed by atoms with van der Waals surface area (Å²) in [5, 5.41) is 15.7. The third-order valence-electron chi connectivity index (χ3n) is 6.14. The SMILES string of the molecule is CCC(CO)Nc1ncc2nc(Nc3cccc(Cl)c3F)n(C3CCC(C(N)=O)CC3)c2n1. The van der Waals surface area contributed by atoms with Gasteiger partial charge in [0, 0.05) is 12.0 Å². The number of hydrogen-bond acceptors (Lipinski definition) is 7. The molecule has 0 radical (unpaired) electrons. The van der Waals surface area contributed by atoms with Crippen molar-refractivity contribution in [1.29, 1.82) is 0 Å². The van der Waals surface area contributed by atoms with Crippen molar-refractivity contribution in [3.63, 3.8) is 0 Å². The number of aliphatic hydroxyl groups excluding tert-OH is 1. The number of fused-ring (bicyclic) bond motifs is 1. The number of carbonyl (C=O) groups is 1. The topological polar surface area (TPSA) is 131 Å². The highest BCUT2D eigenvalue weighted by Gasteiger charge is 2.29. The Labute approximate surface area is 195 Å². The number of aromatic nitrogens is 4. The van der Waals surface area contributed by atoms with Crippen molar-refractivity contribution in [2.24, 2.45) is 11.7 Å². The van der Waals surface area contributed by atoms with Gasteiger partial charge in [0.1, 0.15) is 5.52 Å². The second-order valence-corrected chi connectivity index (χ2v) is 8.68. The average Bonchev–Trinajstić information content (AvgIpc) is 3.17. The first-order valence-corrected chi connectivity index (χ1v) is 11.4. The highest BCUT2D eigenvalue weighted by Crippen LogP contribution is 2.37. The van der Waals surface area contributed by atoms with Crippen molar-refractivity contribution in [2.45, 2.75) is 51.1 Å². The first kappa shape index (κ1) is 23.2. The van der Waals surface area contributed by atoms with Crippen LogP contribution in [0, 0.1) is 11.7 Å². The predicted molar refractivity (Wildman–Crippen MR) is 125 cm³/mol. The van der Waals surface area contributed by atoms with Crippen LogP contribution < -0.4 is 16.4 Å². The number of imidazole rings is 1. The smallest absolute Gasteiger partial charge is 0.225 e. The Morgan fingerprint density at radius 2 is 2.09 bits per heavy atom. The Morgan fingerprint density at radius 3 is 2.76 bits per heavy atom. The summed E-state index contributed by atoms with van der Waals surface area (Å²) in [5.74, 6) is -0.228. The van der Waals surface area contributed by atoms with Crippen LogP contribution in [0.4, 0.5) is 22.0 Å². The summed E-state index contributed by atoms with van der Waals surface area (Å²) in [6.07, 6.45) is 5.01. The molecule has 5 N–H and O–H groups in total. The monoisotopic (exact) mass is 475 g/mol. The van der Waals surface area contributed by atoms with E-state index in [1.165, 1.54) is 6.07 Å². The maximum absolute atomic E-state index is 14.6. The Bertz CT molecular complexity index is 1140. The normalized spacial score (nSPS) is 19.4. The van der Waals surface area contributed by atoms with E-state index < -0.39 is 5.82 Å². The number of nitrogens with one attached hydrogen (secondary N) is 2. The quantitative estimate of drug-likeness (QED) is 0.390. The summed E-state index contributed by atoms with van der Waals surface area (Å²) in [6.45, 7) is 1.91. The van der Waals surface area contributed by atoms with Crippen LogP contribution in [0.5, 0.6) is 0 Å². The van der Waals surface area contributed by atoms with Gasteiger partial charge in [-0.1, -0.05) is 24.6 Å². The minimum atomic E-state index is -0.572. The van der Waals surface area contributed by atoms with Gasteiger partial charge in [0.05, 0.1) is 29.6 Å². The number of aliphatic hydroxyl groups is 1. The van der Waals surface area contributed by atoms with Crippen LogP contribution in [0.2, 0.25) is 5.02 Å². The van der Waals surface area contributed by atoms with Gasteiger partial charge in [-0.2, -0.15) is 4.98 Å². The summed E-state index contributed by atoms with van der Waals surface area (Å²) in [5.41, 5.74) is 6.82. The van der Waals surface area contributed by atoms with Crippen molar-refractivity contribution in [3.8, 4) is 0 Å². The molecule has 1 aliphatic rings. The van der Waals surface area contributed by atoms with E-state index in [0.29, 0.717) is 55.2 Å². The van der Waals surface area contributed by atoms with E-state index in [0.717, 1.165) is 0 Å². The van der Waals surface area contributed by atoms with Gasteiger partial charge in [0.2, 0.25) is 17.8 Å². The second kappa shape index (κ2) is 9.88. The zero-order valence-corrected chi connectivity index (χ0v) is 19.0. The summed E-state index contributed by atoms with van der Waals surface area (Å²) in [4.78, 5) is 25.2. The largest absolute Gasteiger partial charge is 0.394 e. The van der Waals surface area contributed by atoms with Gasteiger partial charge in [-0.25, -0.2) is 14.4 Å². The maximum Gasteiger partial charge on any atom is 0.225 e. The zero-order valence-electron chi connectivity index (χ0n) is 18.3. The number of nitrogens with zero attached hydrogens (tertiary/aromatic N) is 4. The van der Waals surface area contributed by atoms with Gasteiger partial charge in [-0.05, 0) is 44.2 Å². The minimum absolute atomic E-state index is 0.00511. The molecule has 11 heteroatoms. The van der Waals surface area contributed by atoms with Gasteiger partial charge < -0.3 is 21.5 Å². The number of benzene rings is 1. The van der Waals surface area contributed by atoms with Crippen LogP contribution in [-0.4, -0.2) is 43.2 Å². The van der Waals surface area contributed by atoms with E-state index in [4.69, 9.17) is 17.3 Å². The van der Waals surface area contributed by atoms with E-state index in [1.807, 2.05) is 11.5 Å². The highest BCUT2D eigenvalue weighted by atomic mass is 35.5. The zero-order chi connectivity index (χ0) is 23.5. The molecule has 0 spiro atoms. The third kappa shape index (κ3) is 4.86. The molecule has 4 rings (SSSR count). The van der Waals surface area contributed by atoms with E-state index in [9.17, 15) is 14.3 Å². The molecule has 1 aliphatic carbocycles. The third-order valence-corrected chi connectivity index (χ3v) is 6.43. The summed E-state index contributed by atoms with van der Waals surface area (Å²) in [7, 11) is 0. The molecule has 9 nitrogen and oxygen atoms in total. The fourth-order valence-electron chi connectivity index (χ4n) is 4.19. The lowest BCUT2D eigenvalue weighted by molar-refractivity contribution is -0.122. The minimum Gasteiger partial charge on any atom is -0.394 e. The number of anilines is 3. The molecule has 1 saturated carbocycles. The van der Waals surface area contributed by atoms with Crippen LogP contribution in [0.25, 0.3) is 11.2 Å². The lowest BCUT2D eigenvalue weighted by atomic mass is 9.85. The molecular weight excluding hydrogens is 449 g/mol. The van der Waals surface area contributed by atoms with Crippen molar-refractivity contribution >= 4 is 46.3 Å². The predicted octanol–water partition coefficient (Wildman–Crippen LogP) is 3.76. The molecule has 1 aromatic carbocycles. The second-order valence-electron chi connectivity index (χ2n) is 8.27. The molecule has 1 unspecified atom stereocenters. The number of hydrogen-bond donors (Lipinski definition) is 4. The first-order valence-electron chi connectivity index (χ1n) is 11.0.